The summed E-state index contributed by atoms with van der Waals surface area (Å²) in [5, 5.41) is 0.755. The Bertz CT molecular complexity index is 1270. The molecule has 0 spiro atoms. The van der Waals surface area contributed by atoms with Crippen LogP contribution in [0.3, 0.4) is 0 Å². The van der Waals surface area contributed by atoms with Crippen molar-refractivity contribution in [2.75, 3.05) is 38.7 Å². The zero-order chi connectivity index (χ0) is 22.9. The van der Waals surface area contributed by atoms with E-state index in [0.29, 0.717) is 11.3 Å². The fourth-order valence-electron chi connectivity index (χ4n) is 3.87. The first kappa shape index (κ1) is 22.0. The number of fused-ring (bicyclic) bond motifs is 1. The van der Waals surface area contributed by atoms with Gasteiger partial charge < -0.3 is 14.6 Å². The van der Waals surface area contributed by atoms with E-state index < -0.39 is 22.6 Å². The van der Waals surface area contributed by atoms with Gasteiger partial charge in [0.05, 0.1) is 16.1 Å². The van der Waals surface area contributed by atoms with Gasteiger partial charge in [0.1, 0.15) is 0 Å². The zero-order valence-electron chi connectivity index (χ0n) is 18.0. The van der Waals surface area contributed by atoms with Crippen molar-refractivity contribution in [2.24, 2.45) is 0 Å². The third-order valence-electron chi connectivity index (χ3n) is 5.64. The Balaban J connectivity index is 1.60. The first-order chi connectivity index (χ1) is 15.3. The number of nitrogens with one attached hydrogen (secondary N) is 1. The average molecular weight is 456 g/mol. The highest BCUT2D eigenvalue weighted by Crippen LogP contribution is 2.29. The minimum atomic E-state index is -3.73. The molecule has 1 fully saturated rings. The second-order valence-electron chi connectivity index (χ2n) is 7.91. The van der Waals surface area contributed by atoms with E-state index in [-0.39, 0.29) is 16.2 Å². The first-order valence-corrected chi connectivity index (χ1v) is 11.8. The summed E-state index contributed by atoms with van der Waals surface area (Å²) >= 11 is 0. The third kappa shape index (κ3) is 4.13. The fourth-order valence-corrected chi connectivity index (χ4v) is 4.80. The number of aromatic nitrogens is 1. The summed E-state index contributed by atoms with van der Waals surface area (Å²) in [4.78, 5) is 30.8. The Kier molecular flexibility index (Phi) is 6.03. The minimum absolute atomic E-state index is 0.000326. The molecule has 32 heavy (non-hydrogen) atoms. The number of ether oxygens (including phenoxy) is 1. The Morgan fingerprint density at radius 3 is 2.50 bits per heavy atom. The van der Waals surface area contributed by atoms with Crippen LogP contribution in [0.4, 0.5) is 5.69 Å². The van der Waals surface area contributed by atoms with Gasteiger partial charge in [0.15, 0.2) is 6.61 Å². The topological polar surface area (TPSA) is 99.8 Å². The number of benzene rings is 2. The van der Waals surface area contributed by atoms with Crippen molar-refractivity contribution in [2.45, 2.75) is 17.7 Å². The van der Waals surface area contributed by atoms with E-state index in [1.807, 2.05) is 29.2 Å². The monoisotopic (exact) mass is 455 g/mol. The summed E-state index contributed by atoms with van der Waals surface area (Å²) in [6, 6.07) is 11.8. The van der Waals surface area contributed by atoms with Gasteiger partial charge in [0.25, 0.3) is 0 Å². The highest BCUT2D eigenvalue weighted by atomic mass is 32.2. The zero-order valence-corrected chi connectivity index (χ0v) is 18.8. The van der Waals surface area contributed by atoms with E-state index in [1.54, 1.807) is 12.3 Å². The van der Waals surface area contributed by atoms with Crippen LogP contribution in [0.1, 0.15) is 33.6 Å². The highest BCUT2D eigenvalue weighted by molar-refractivity contribution is 7.89. The second-order valence-corrected chi connectivity index (χ2v) is 10.1. The van der Waals surface area contributed by atoms with Crippen molar-refractivity contribution >= 4 is 38.4 Å². The molecule has 0 aliphatic carbocycles. The maximum atomic E-state index is 13.0. The van der Waals surface area contributed by atoms with E-state index in [0.717, 1.165) is 41.1 Å². The number of anilines is 1. The molecule has 1 aliphatic heterocycles. The summed E-state index contributed by atoms with van der Waals surface area (Å²) in [6.45, 7) is 1.10. The molecule has 0 atom stereocenters. The lowest BCUT2D eigenvalue weighted by molar-refractivity contribution is 0.0475. The van der Waals surface area contributed by atoms with E-state index in [1.165, 1.54) is 26.2 Å². The van der Waals surface area contributed by atoms with E-state index in [2.05, 4.69) is 4.98 Å². The number of H-pyrrole nitrogens is 1. The molecule has 0 radical (unpaired) electrons. The number of sulfonamides is 1. The highest BCUT2D eigenvalue weighted by Gasteiger charge is 2.26. The van der Waals surface area contributed by atoms with Crippen LogP contribution in [0.15, 0.2) is 53.6 Å². The molecule has 2 heterocycles. The van der Waals surface area contributed by atoms with Crippen molar-refractivity contribution in [1.82, 2.24) is 9.29 Å². The fraction of sp³-hybridized carbons (Fsp3) is 0.304. The third-order valence-corrected chi connectivity index (χ3v) is 7.45. The van der Waals surface area contributed by atoms with Crippen molar-refractivity contribution in [3.8, 4) is 0 Å². The van der Waals surface area contributed by atoms with Crippen LogP contribution in [0.25, 0.3) is 10.9 Å². The Labute approximate surface area is 186 Å². The number of carbonyl (C=O) groups is 2. The lowest BCUT2D eigenvalue weighted by Gasteiger charge is -2.22. The molecule has 1 aromatic heterocycles. The summed E-state index contributed by atoms with van der Waals surface area (Å²) < 4.78 is 31.6. The summed E-state index contributed by atoms with van der Waals surface area (Å²) in [7, 11) is -0.864. The molecule has 2 aromatic carbocycles. The van der Waals surface area contributed by atoms with Gasteiger partial charge in [-0.05, 0) is 37.1 Å². The van der Waals surface area contributed by atoms with Crippen LogP contribution >= 0.6 is 0 Å². The summed E-state index contributed by atoms with van der Waals surface area (Å²) in [5.74, 6) is -1.06. The molecule has 8 nitrogen and oxygen atoms in total. The van der Waals surface area contributed by atoms with Crippen molar-refractivity contribution in [3.63, 3.8) is 0 Å². The van der Waals surface area contributed by atoms with Crippen LogP contribution in [0.5, 0.6) is 0 Å². The molecule has 0 saturated carbocycles. The van der Waals surface area contributed by atoms with E-state index >= 15 is 0 Å². The number of ketones is 1. The van der Waals surface area contributed by atoms with Crippen molar-refractivity contribution in [3.05, 3.63) is 59.8 Å². The first-order valence-electron chi connectivity index (χ1n) is 10.4. The smallest absolute Gasteiger partial charge is 0.340 e. The Morgan fingerprint density at radius 2 is 1.78 bits per heavy atom. The quantitative estimate of drug-likeness (QED) is 0.434. The molecular weight excluding hydrogens is 430 g/mol. The number of hydrogen-bond donors (Lipinski definition) is 1. The maximum Gasteiger partial charge on any atom is 0.340 e. The van der Waals surface area contributed by atoms with Gasteiger partial charge in [-0.3, -0.25) is 4.79 Å². The van der Waals surface area contributed by atoms with E-state index in [9.17, 15) is 18.0 Å². The van der Waals surface area contributed by atoms with Crippen molar-refractivity contribution < 1.29 is 22.7 Å². The number of para-hydroxylation sites is 1. The second kappa shape index (κ2) is 8.76. The van der Waals surface area contributed by atoms with Crippen LogP contribution < -0.4 is 4.90 Å². The predicted molar refractivity (Wildman–Crippen MR) is 122 cm³/mol. The van der Waals surface area contributed by atoms with Crippen molar-refractivity contribution in [1.29, 1.82) is 0 Å². The molecule has 0 amide bonds. The molecule has 1 aliphatic rings. The van der Waals surface area contributed by atoms with E-state index in [4.69, 9.17) is 4.74 Å². The standard InChI is InChI=1S/C23H25N3O5S/c1-25(2)32(29,30)16-9-10-21(26-11-5-6-12-26)18(13-16)23(28)31-15-22(27)19-14-24-20-8-4-3-7-17(19)20/h3-4,7-10,13-14,24H,5-6,11-12,15H2,1-2H3. The largest absolute Gasteiger partial charge is 0.454 e. The molecule has 0 bridgehead atoms. The molecule has 1 saturated heterocycles. The lowest BCUT2D eigenvalue weighted by Crippen LogP contribution is -2.25. The number of hydrogen-bond acceptors (Lipinski definition) is 6. The number of nitrogens with zero attached hydrogens (tertiary/aromatic N) is 2. The lowest BCUT2D eigenvalue weighted by atomic mass is 10.1. The van der Waals surface area contributed by atoms with Gasteiger partial charge in [0, 0.05) is 49.8 Å². The number of esters is 1. The van der Waals surface area contributed by atoms with Crippen LogP contribution in [0.2, 0.25) is 0 Å². The molecule has 1 N–H and O–H groups in total. The molecular formula is C23H25N3O5S. The number of aromatic amines is 1. The normalized spacial score (nSPS) is 14.3. The predicted octanol–water partition coefficient (Wildman–Crippen LogP) is 3.06. The van der Waals surface area contributed by atoms with Crippen LogP contribution in [-0.4, -0.2) is 63.3 Å². The Morgan fingerprint density at radius 1 is 1.06 bits per heavy atom. The van der Waals surface area contributed by atoms with Crippen LogP contribution in [0, 0.1) is 0 Å². The Hall–Kier alpha value is -3.17. The molecule has 168 valence electrons. The van der Waals surface area contributed by atoms with Gasteiger partial charge in [-0.2, -0.15) is 0 Å². The maximum absolute atomic E-state index is 13.0. The van der Waals surface area contributed by atoms with Gasteiger partial charge in [-0.1, -0.05) is 18.2 Å². The number of carbonyl (C=O) groups excluding carboxylic acids is 2. The molecule has 0 unspecified atom stereocenters. The molecule has 9 heteroatoms. The summed E-state index contributed by atoms with van der Waals surface area (Å²) in [6.07, 6.45) is 3.58. The average Bonchev–Trinajstić information content (AvgIpc) is 3.47. The molecule has 3 aromatic rings. The van der Waals surface area contributed by atoms with Crippen LogP contribution in [-0.2, 0) is 14.8 Å². The summed E-state index contributed by atoms with van der Waals surface area (Å²) in [5.41, 5.74) is 2.02. The minimum Gasteiger partial charge on any atom is -0.454 e. The van der Waals surface area contributed by atoms with Gasteiger partial charge in [-0.15, -0.1) is 0 Å². The molecule has 4 rings (SSSR count). The number of rotatable bonds is 7. The van der Waals surface area contributed by atoms with Gasteiger partial charge >= 0.3 is 5.97 Å². The number of Topliss-reactive ketones (excluding diaryl/α,β-unsaturated/α-hetero) is 1. The van der Waals surface area contributed by atoms with Gasteiger partial charge in [0.2, 0.25) is 15.8 Å². The SMILES string of the molecule is CN(C)S(=O)(=O)c1ccc(N2CCCC2)c(C(=O)OCC(=O)c2c[nH]c3ccccc23)c1. The van der Waals surface area contributed by atoms with Gasteiger partial charge in [-0.25, -0.2) is 17.5 Å².